The standard InChI is InChI=1S/C14H18N2O2/c1-17-12-4-2-11(3-5-12)13-6-8-16-10-14(13)18-9-7-15/h2-5,13-14,16H,6,8-10H2,1H3/t13?,14-/m1/s1. The maximum absolute atomic E-state index is 8.61. The van der Waals surface area contributed by atoms with E-state index in [9.17, 15) is 0 Å². The Kier molecular flexibility index (Phi) is 4.57. The second kappa shape index (κ2) is 6.39. The first kappa shape index (κ1) is 12.9. The van der Waals surface area contributed by atoms with E-state index >= 15 is 0 Å². The lowest BCUT2D eigenvalue weighted by molar-refractivity contribution is 0.0415. The number of hydrogen-bond acceptors (Lipinski definition) is 4. The van der Waals surface area contributed by atoms with E-state index in [-0.39, 0.29) is 12.7 Å². The number of hydrogen-bond donors (Lipinski definition) is 1. The number of nitrogens with zero attached hydrogens (tertiary/aromatic N) is 1. The molecule has 18 heavy (non-hydrogen) atoms. The van der Waals surface area contributed by atoms with E-state index in [1.807, 2.05) is 18.2 Å². The minimum Gasteiger partial charge on any atom is -0.497 e. The van der Waals surface area contributed by atoms with E-state index in [2.05, 4.69) is 17.4 Å². The van der Waals surface area contributed by atoms with Crippen LogP contribution in [0.3, 0.4) is 0 Å². The number of piperidine rings is 1. The van der Waals surface area contributed by atoms with Gasteiger partial charge in [-0.3, -0.25) is 0 Å². The number of ether oxygens (including phenoxy) is 2. The lowest BCUT2D eigenvalue weighted by Gasteiger charge is -2.31. The van der Waals surface area contributed by atoms with Crippen molar-refractivity contribution in [3.05, 3.63) is 29.8 Å². The topological polar surface area (TPSA) is 54.3 Å². The van der Waals surface area contributed by atoms with Crippen molar-refractivity contribution >= 4 is 0 Å². The quantitative estimate of drug-likeness (QED) is 0.878. The smallest absolute Gasteiger partial charge is 0.134 e. The van der Waals surface area contributed by atoms with Crippen LogP contribution in [0.5, 0.6) is 5.75 Å². The van der Waals surface area contributed by atoms with Crippen LogP contribution in [0.1, 0.15) is 17.9 Å². The molecule has 1 aliphatic heterocycles. The molecule has 1 aliphatic rings. The Balaban J connectivity index is 2.09. The van der Waals surface area contributed by atoms with Gasteiger partial charge in [0.05, 0.1) is 19.3 Å². The minimum atomic E-state index is 0.0757. The molecular formula is C14H18N2O2. The van der Waals surface area contributed by atoms with Gasteiger partial charge in [-0.1, -0.05) is 12.1 Å². The average molecular weight is 246 g/mol. The van der Waals surface area contributed by atoms with Crippen LogP contribution in [0.15, 0.2) is 24.3 Å². The molecule has 0 saturated carbocycles. The van der Waals surface area contributed by atoms with Gasteiger partial charge in [-0.2, -0.15) is 5.26 Å². The van der Waals surface area contributed by atoms with Crippen LogP contribution in [0, 0.1) is 11.3 Å². The largest absolute Gasteiger partial charge is 0.497 e. The Bertz CT molecular complexity index is 411. The number of nitriles is 1. The molecule has 4 heteroatoms. The summed E-state index contributed by atoms with van der Waals surface area (Å²) >= 11 is 0. The van der Waals surface area contributed by atoms with Crippen molar-refractivity contribution in [1.82, 2.24) is 5.32 Å². The van der Waals surface area contributed by atoms with Gasteiger partial charge in [0.1, 0.15) is 12.4 Å². The molecule has 4 nitrogen and oxygen atoms in total. The molecule has 96 valence electrons. The molecule has 0 radical (unpaired) electrons. The van der Waals surface area contributed by atoms with Gasteiger partial charge in [-0.05, 0) is 30.7 Å². The van der Waals surface area contributed by atoms with E-state index in [0.717, 1.165) is 25.3 Å². The lowest BCUT2D eigenvalue weighted by Crippen LogP contribution is -2.41. The maximum Gasteiger partial charge on any atom is 0.134 e. The third-order valence-electron chi connectivity index (χ3n) is 3.33. The maximum atomic E-state index is 8.61. The molecule has 1 unspecified atom stereocenters. The highest BCUT2D eigenvalue weighted by Gasteiger charge is 2.26. The molecule has 1 aromatic carbocycles. The predicted molar refractivity (Wildman–Crippen MR) is 68.6 cm³/mol. The van der Waals surface area contributed by atoms with Crippen molar-refractivity contribution in [2.75, 3.05) is 26.8 Å². The van der Waals surface area contributed by atoms with Crippen LogP contribution in [-0.4, -0.2) is 32.9 Å². The zero-order valence-electron chi connectivity index (χ0n) is 10.6. The van der Waals surface area contributed by atoms with Crippen LogP contribution < -0.4 is 10.1 Å². The summed E-state index contributed by atoms with van der Waals surface area (Å²) in [4.78, 5) is 0. The van der Waals surface area contributed by atoms with Gasteiger partial charge in [-0.15, -0.1) is 0 Å². The number of benzene rings is 1. The molecule has 1 fully saturated rings. The summed E-state index contributed by atoms with van der Waals surface area (Å²) in [6.07, 6.45) is 1.11. The highest BCUT2D eigenvalue weighted by Crippen LogP contribution is 2.28. The second-order valence-corrected chi connectivity index (χ2v) is 4.38. The summed E-state index contributed by atoms with van der Waals surface area (Å²) < 4.78 is 10.8. The zero-order chi connectivity index (χ0) is 12.8. The third-order valence-corrected chi connectivity index (χ3v) is 3.33. The fourth-order valence-corrected chi connectivity index (χ4v) is 2.38. The Hall–Kier alpha value is -1.57. The summed E-state index contributed by atoms with van der Waals surface area (Å²) in [5, 5.41) is 11.9. The molecule has 0 bridgehead atoms. The summed E-state index contributed by atoms with van der Waals surface area (Å²) in [7, 11) is 1.67. The van der Waals surface area contributed by atoms with Crippen LogP contribution in [0.4, 0.5) is 0 Å². The summed E-state index contributed by atoms with van der Waals surface area (Å²) in [5.74, 6) is 1.22. The van der Waals surface area contributed by atoms with E-state index in [4.69, 9.17) is 14.7 Å². The lowest BCUT2D eigenvalue weighted by atomic mass is 9.88. The Morgan fingerprint density at radius 3 is 2.83 bits per heavy atom. The molecule has 0 spiro atoms. The van der Waals surface area contributed by atoms with Gasteiger partial charge in [0.25, 0.3) is 0 Å². The predicted octanol–water partition coefficient (Wildman–Crippen LogP) is 1.68. The molecule has 1 saturated heterocycles. The molecule has 1 N–H and O–H groups in total. The van der Waals surface area contributed by atoms with Crippen molar-refractivity contribution in [1.29, 1.82) is 5.26 Å². The first-order valence-corrected chi connectivity index (χ1v) is 6.18. The van der Waals surface area contributed by atoms with Crippen molar-refractivity contribution < 1.29 is 9.47 Å². The van der Waals surface area contributed by atoms with Crippen molar-refractivity contribution in [2.45, 2.75) is 18.4 Å². The number of nitrogens with one attached hydrogen (secondary N) is 1. The van der Waals surface area contributed by atoms with Crippen molar-refractivity contribution in [3.63, 3.8) is 0 Å². The van der Waals surface area contributed by atoms with Gasteiger partial charge in [0.2, 0.25) is 0 Å². The van der Waals surface area contributed by atoms with E-state index in [1.54, 1.807) is 7.11 Å². The van der Waals surface area contributed by atoms with Gasteiger partial charge >= 0.3 is 0 Å². The number of methoxy groups -OCH3 is 1. The third kappa shape index (κ3) is 3.00. The monoisotopic (exact) mass is 246 g/mol. The van der Waals surface area contributed by atoms with Crippen LogP contribution in [-0.2, 0) is 4.74 Å². The fraction of sp³-hybridized carbons (Fsp3) is 0.500. The molecule has 0 aliphatic carbocycles. The Morgan fingerprint density at radius 2 is 2.17 bits per heavy atom. The van der Waals surface area contributed by atoms with Crippen LogP contribution in [0.2, 0.25) is 0 Å². The molecule has 1 aromatic rings. The van der Waals surface area contributed by atoms with Gasteiger partial charge in [-0.25, -0.2) is 0 Å². The number of rotatable bonds is 4. The van der Waals surface area contributed by atoms with E-state index in [1.165, 1.54) is 5.56 Å². The average Bonchev–Trinajstić information content (AvgIpc) is 2.45. The minimum absolute atomic E-state index is 0.0757. The summed E-state index contributed by atoms with van der Waals surface area (Å²) in [6.45, 7) is 1.94. The van der Waals surface area contributed by atoms with Gasteiger partial charge in [0, 0.05) is 12.5 Å². The van der Waals surface area contributed by atoms with E-state index in [0.29, 0.717) is 5.92 Å². The van der Waals surface area contributed by atoms with Crippen LogP contribution >= 0.6 is 0 Å². The Labute approximate surface area is 108 Å². The molecule has 0 aromatic heterocycles. The first-order valence-electron chi connectivity index (χ1n) is 6.18. The molecular weight excluding hydrogens is 228 g/mol. The normalized spacial score (nSPS) is 23.3. The summed E-state index contributed by atoms with van der Waals surface area (Å²) in [6, 6.07) is 10.1. The molecule has 2 atom stereocenters. The fourth-order valence-electron chi connectivity index (χ4n) is 2.38. The highest BCUT2D eigenvalue weighted by molar-refractivity contribution is 5.30. The molecule has 0 amide bonds. The van der Waals surface area contributed by atoms with Gasteiger partial charge < -0.3 is 14.8 Å². The highest BCUT2D eigenvalue weighted by atomic mass is 16.5. The Morgan fingerprint density at radius 1 is 1.39 bits per heavy atom. The molecule has 1 heterocycles. The zero-order valence-corrected chi connectivity index (χ0v) is 10.6. The van der Waals surface area contributed by atoms with Crippen molar-refractivity contribution in [3.8, 4) is 11.8 Å². The SMILES string of the molecule is COc1ccc(C2CCNC[C@H]2OCC#N)cc1. The van der Waals surface area contributed by atoms with Gasteiger partial charge in [0.15, 0.2) is 0 Å². The van der Waals surface area contributed by atoms with Crippen LogP contribution in [0.25, 0.3) is 0 Å². The van der Waals surface area contributed by atoms with Crippen molar-refractivity contribution in [2.24, 2.45) is 0 Å². The second-order valence-electron chi connectivity index (χ2n) is 4.38. The summed E-state index contributed by atoms with van der Waals surface area (Å²) in [5.41, 5.74) is 1.25. The first-order chi connectivity index (χ1) is 8.85. The van der Waals surface area contributed by atoms with E-state index < -0.39 is 0 Å². The molecule has 2 rings (SSSR count).